The second kappa shape index (κ2) is 6.70. The molecule has 0 fully saturated rings. The van der Waals surface area contributed by atoms with E-state index in [9.17, 15) is 4.79 Å². The summed E-state index contributed by atoms with van der Waals surface area (Å²) in [6.07, 6.45) is 0.908. The van der Waals surface area contributed by atoms with Gasteiger partial charge < -0.3 is 9.80 Å². The summed E-state index contributed by atoms with van der Waals surface area (Å²) in [5.74, 6) is 0.603. The van der Waals surface area contributed by atoms with Gasteiger partial charge in [-0.05, 0) is 20.3 Å². The molecule has 1 aromatic heterocycles. The number of carbonyl (C=O) groups is 1. The van der Waals surface area contributed by atoms with Crippen LogP contribution in [0, 0.1) is 13.8 Å². The number of carbonyl (C=O) groups excluding carboxylic acids is 1. The smallest absolute Gasteiger partial charge is 0.241 e. The summed E-state index contributed by atoms with van der Waals surface area (Å²) in [5.41, 5.74) is 1.64. The third kappa shape index (κ3) is 4.06. The van der Waals surface area contributed by atoms with E-state index in [1.807, 2.05) is 18.7 Å². The summed E-state index contributed by atoms with van der Waals surface area (Å²) in [6, 6.07) is 0. The lowest BCUT2D eigenvalue weighted by Crippen LogP contribution is -2.38. The van der Waals surface area contributed by atoms with Gasteiger partial charge in [-0.3, -0.25) is 4.79 Å². The van der Waals surface area contributed by atoms with Crippen molar-refractivity contribution in [3.05, 3.63) is 16.5 Å². The molecule has 19 heavy (non-hydrogen) atoms. The summed E-state index contributed by atoms with van der Waals surface area (Å²) in [6.45, 7) is 6.79. The van der Waals surface area contributed by atoms with Gasteiger partial charge in [-0.1, -0.05) is 18.5 Å². The summed E-state index contributed by atoms with van der Waals surface area (Å²) < 4.78 is 0. The number of hydrogen-bond donors (Lipinski definition) is 0. The second-order valence-electron chi connectivity index (χ2n) is 4.72. The van der Waals surface area contributed by atoms with E-state index >= 15 is 0 Å². The highest BCUT2D eigenvalue weighted by Crippen LogP contribution is 2.23. The fraction of sp³-hybridized carbons (Fsp3) is 0.615. The zero-order valence-electron chi connectivity index (χ0n) is 12.2. The van der Waals surface area contributed by atoms with Crippen LogP contribution in [0.2, 0.25) is 5.15 Å². The average Bonchev–Trinajstić information content (AvgIpc) is 2.33. The second-order valence-corrected chi connectivity index (χ2v) is 5.08. The van der Waals surface area contributed by atoms with Crippen LogP contribution in [0.4, 0.5) is 5.82 Å². The fourth-order valence-electron chi connectivity index (χ4n) is 1.60. The number of halogens is 1. The van der Waals surface area contributed by atoms with E-state index in [4.69, 9.17) is 11.6 Å². The number of aryl methyl sites for hydroxylation is 2. The predicted molar refractivity (Wildman–Crippen MR) is 77.7 cm³/mol. The topological polar surface area (TPSA) is 49.3 Å². The molecule has 0 bridgehead atoms. The number of rotatable bonds is 5. The molecule has 0 aliphatic heterocycles. The van der Waals surface area contributed by atoms with Crippen LogP contribution in [-0.4, -0.2) is 48.0 Å². The molecule has 1 heterocycles. The lowest BCUT2D eigenvalue weighted by atomic mass is 10.3. The molecule has 6 heteroatoms. The van der Waals surface area contributed by atoms with E-state index in [2.05, 4.69) is 16.9 Å². The van der Waals surface area contributed by atoms with Crippen molar-refractivity contribution >= 4 is 23.3 Å². The highest BCUT2D eigenvalue weighted by Gasteiger charge is 2.18. The van der Waals surface area contributed by atoms with Gasteiger partial charge >= 0.3 is 0 Å². The standard InChI is InChI=1S/C13H21ClN4O/c1-6-7-18(8-11(19)17(4)5)13-12(14)15-9(2)10(3)16-13/h6-8H2,1-5H3. The quantitative estimate of drug-likeness (QED) is 0.830. The van der Waals surface area contributed by atoms with Crippen molar-refractivity contribution in [1.29, 1.82) is 0 Å². The lowest BCUT2D eigenvalue weighted by molar-refractivity contribution is -0.127. The Morgan fingerprint density at radius 1 is 1.21 bits per heavy atom. The summed E-state index contributed by atoms with van der Waals surface area (Å²) in [4.78, 5) is 24.0. The van der Waals surface area contributed by atoms with E-state index < -0.39 is 0 Å². The third-order valence-corrected chi connectivity index (χ3v) is 3.12. The average molecular weight is 285 g/mol. The van der Waals surface area contributed by atoms with Crippen molar-refractivity contribution < 1.29 is 4.79 Å². The van der Waals surface area contributed by atoms with Crippen LogP contribution < -0.4 is 4.90 Å². The van der Waals surface area contributed by atoms with Gasteiger partial charge in [-0.2, -0.15) is 0 Å². The van der Waals surface area contributed by atoms with Crippen molar-refractivity contribution in [3.63, 3.8) is 0 Å². The molecule has 5 nitrogen and oxygen atoms in total. The Balaban J connectivity index is 3.05. The maximum atomic E-state index is 11.9. The Hall–Kier alpha value is -1.36. The molecule has 0 aromatic carbocycles. The molecule has 0 spiro atoms. The van der Waals surface area contributed by atoms with Crippen molar-refractivity contribution in [1.82, 2.24) is 14.9 Å². The van der Waals surface area contributed by atoms with Gasteiger partial charge in [0, 0.05) is 20.6 Å². The Kier molecular flexibility index (Phi) is 5.54. The molecule has 1 rings (SSSR count). The van der Waals surface area contributed by atoms with Crippen molar-refractivity contribution in [2.75, 3.05) is 32.1 Å². The van der Waals surface area contributed by atoms with Crippen LogP contribution in [0.5, 0.6) is 0 Å². The van der Waals surface area contributed by atoms with Crippen LogP contribution in [0.25, 0.3) is 0 Å². The Labute approximate surface area is 119 Å². The number of likely N-dealkylation sites (N-methyl/N-ethyl adjacent to an activating group) is 1. The van der Waals surface area contributed by atoms with E-state index in [1.54, 1.807) is 19.0 Å². The molecular weight excluding hydrogens is 264 g/mol. The van der Waals surface area contributed by atoms with Crippen LogP contribution in [0.3, 0.4) is 0 Å². The normalized spacial score (nSPS) is 10.4. The Morgan fingerprint density at radius 2 is 1.79 bits per heavy atom. The molecule has 1 amide bonds. The SMILES string of the molecule is CCCN(CC(=O)N(C)C)c1nc(C)c(C)nc1Cl. The summed E-state index contributed by atoms with van der Waals surface area (Å²) in [7, 11) is 3.47. The molecule has 0 aliphatic rings. The largest absolute Gasteiger partial charge is 0.347 e. The molecule has 1 aromatic rings. The van der Waals surface area contributed by atoms with Crippen molar-refractivity contribution in [2.24, 2.45) is 0 Å². The van der Waals surface area contributed by atoms with Gasteiger partial charge in [0.25, 0.3) is 0 Å². The zero-order valence-corrected chi connectivity index (χ0v) is 13.0. The number of aromatic nitrogens is 2. The number of anilines is 1. The molecule has 0 atom stereocenters. The molecule has 0 saturated heterocycles. The molecule has 0 unspecified atom stereocenters. The van der Waals surface area contributed by atoms with E-state index in [-0.39, 0.29) is 12.5 Å². The third-order valence-electron chi connectivity index (χ3n) is 2.87. The lowest BCUT2D eigenvalue weighted by Gasteiger charge is -2.25. The first-order valence-corrected chi connectivity index (χ1v) is 6.70. The molecule has 0 saturated carbocycles. The maximum absolute atomic E-state index is 11.9. The van der Waals surface area contributed by atoms with Gasteiger partial charge in [0.2, 0.25) is 5.91 Å². The first-order valence-electron chi connectivity index (χ1n) is 6.32. The molecule has 0 N–H and O–H groups in total. The van der Waals surface area contributed by atoms with E-state index in [1.165, 1.54) is 0 Å². The minimum atomic E-state index is 0.0181. The molecule has 106 valence electrons. The molecular formula is C13H21ClN4O. The van der Waals surface area contributed by atoms with E-state index in [0.29, 0.717) is 11.0 Å². The Morgan fingerprint density at radius 3 is 2.32 bits per heavy atom. The van der Waals surface area contributed by atoms with Crippen molar-refractivity contribution in [3.8, 4) is 0 Å². The van der Waals surface area contributed by atoms with Gasteiger partial charge in [0.1, 0.15) is 0 Å². The van der Waals surface area contributed by atoms with Crippen LogP contribution in [-0.2, 0) is 4.79 Å². The minimum Gasteiger partial charge on any atom is -0.347 e. The number of amides is 1. The first kappa shape index (κ1) is 15.7. The minimum absolute atomic E-state index is 0.0181. The van der Waals surface area contributed by atoms with E-state index in [0.717, 1.165) is 24.4 Å². The summed E-state index contributed by atoms with van der Waals surface area (Å²) in [5, 5.41) is 0.350. The fourth-order valence-corrected chi connectivity index (χ4v) is 1.89. The highest BCUT2D eigenvalue weighted by molar-refractivity contribution is 6.31. The predicted octanol–water partition coefficient (Wildman–Crippen LogP) is 2.05. The number of nitrogens with zero attached hydrogens (tertiary/aromatic N) is 4. The zero-order chi connectivity index (χ0) is 14.6. The number of hydrogen-bond acceptors (Lipinski definition) is 4. The monoisotopic (exact) mass is 284 g/mol. The first-order chi connectivity index (χ1) is 8.86. The molecule has 0 aliphatic carbocycles. The van der Waals surface area contributed by atoms with Gasteiger partial charge in [-0.15, -0.1) is 0 Å². The van der Waals surface area contributed by atoms with Crippen LogP contribution in [0.15, 0.2) is 0 Å². The highest BCUT2D eigenvalue weighted by atomic mass is 35.5. The Bertz CT molecular complexity index is 462. The maximum Gasteiger partial charge on any atom is 0.241 e. The summed E-state index contributed by atoms with van der Waals surface area (Å²) >= 11 is 6.15. The molecule has 0 radical (unpaired) electrons. The van der Waals surface area contributed by atoms with Crippen LogP contribution in [0.1, 0.15) is 24.7 Å². The van der Waals surface area contributed by atoms with Crippen LogP contribution >= 0.6 is 11.6 Å². The van der Waals surface area contributed by atoms with Gasteiger partial charge in [-0.25, -0.2) is 9.97 Å². The van der Waals surface area contributed by atoms with Gasteiger partial charge in [0.15, 0.2) is 11.0 Å². The van der Waals surface area contributed by atoms with Gasteiger partial charge in [0.05, 0.1) is 17.9 Å². The van der Waals surface area contributed by atoms with Crippen molar-refractivity contribution in [2.45, 2.75) is 27.2 Å².